The highest BCUT2D eigenvalue weighted by Crippen LogP contribution is 2.45. The van der Waals surface area contributed by atoms with Crippen molar-refractivity contribution in [3.05, 3.63) is 28.8 Å². The van der Waals surface area contributed by atoms with Crippen LogP contribution in [0.1, 0.15) is 56.4 Å². The van der Waals surface area contributed by atoms with Gasteiger partial charge in [-0.2, -0.15) is 0 Å². The molecule has 1 aromatic carbocycles. The van der Waals surface area contributed by atoms with Crippen molar-refractivity contribution in [3.63, 3.8) is 0 Å². The molecule has 0 saturated carbocycles. The van der Waals surface area contributed by atoms with Crippen molar-refractivity contribution in [1.82, 2.24) is 0 Å². The number of ether oxygens (including phenoxy) is 2. The lowest BCUT2D eigenvalue weighted by Crippen LogP contribution is -2.37. The van der Waals surface area contributed by atoms with Gasteiger partial charge in [0, 0.05) is 24.0 Å². The molecule has 2 heterocycles. The molecule has 0 spiro atoms. The quantitative estimate of drug-likeness (QED) is 0.853. The summed E-state index contributed by atoms with van der Waals surface area (Å²) in [7, 11) is 0. The van der Waals surface area contributed by atoms with Gasteiger partial charge in [-0.25, -0.2) is 0 Å². The van der Waals surface area contributed by atoms with Crippen LogP contribution in [0.5, 0.6) is 5.75 Å². The van der Waals surface area contributed by atoms with Crippen molar-refractivity contribution in [2.75, 3.05) is 0 Å². The predicted octanol–water partition coefficient (Wildman–Crippen LogP) is 3.08. The Morgan fingerprint density at radius 2 is 2.09 bits per heavy atom. The highest BCUT2D eigenvalue weighted by Gasteiger charge is 2.40. The smallest absolute Gasteiger partial charge is 0.312 e. The number of hydrogen-bond acceptors (Lipinski definition) is 4. The van der Waals surface area contributed by atoms with Gasteiger partial charge in [-0.3, -0.25) is 4.79 Å². The minimum atomic E-state index is -0.650. The van der Waals surface area contributed by atoms with Gasteiger partial charge in [0.15, 0.2) is 0 Å². The number of rotatable bonds is 2. The number of carbonyl (C=O) groups excluding carboxylic acids is 1. The fraction of sp³-hybridized carbons (Fsp3) is 0.611. The fourth-order valence-electron chi connectivity index (χ4n) is 3.52. The highest BCUT2D eigenvalue weighted by molar-refractivity contribution is 5.74. The Balaban J connectivity index is 1.95. The van der Waals surface area contributed by atoms with Crippen molar-refractivity contribution in [3.8, 4) is 5.75 Å². The summed E-state index contributed by atoms with van der Waals surface area (Å²) >= 11 is 0. The van der Waals surface area contributed by atoms with Gasteiger partial charge in [0.05, 0.1) is 12.0 Å². The van der Waals surface area contributed by atoms with Crippen molar-refractivity contribution in [1.29, 1.82) is 0 Å². The van der Waals surface area contributed by atoms with E-state index in [9.17, 15) is 9.90 Å². The Morgan fingerprint density at radius 3 is 2.73 bits per heavy atom. The van der Waals surface area contributed by atoms with E-state index in [1.807, 2.05) is 19.1 Å². The molecule has 0 aromatic heterocycles. The largest absolute Gasteiger partial charge is 0.487 e. The van der Waals surface area contributed by atoms with E-state index in [1.165, 1.54) is 11.1 Å². The van der Waals surface area contributed by atoms with Crippen LogP contribution in [0, 0.1) is 12.8 Å². The summed E-state index contributed by atoms with van der Waals surface area (Å²) in [6, 6.07) is 4.01. The number of aliphatic hydroxyl groups excluding tert-OH is 1. The topological polar surface area (TPSA) is 55.8 Å². The third-order valence-corrected chi connectivity index (χ3v) is 4.77. The second-order valence-electron chi connectivity index (χ2n) is 7.06. The van der Waals surface area contributed by atoms with E-state index in [2.05, 4.69) is 20.8 Å². The third kappa shape index (κ3) is 2.50. The number of esters is 1. The van der Waals surface area contributed by atoms with Crippen LogP contribution < -0.4 is 4.74 Å². The number of hydrogen-bond donors (Lipinski definition) is 1. The molecule has 2 aliphatic heterocycles. The van der Waals surface area contributed by atoms with Gasteiger partial charge in [0.1, 0.15) is 17.5 Å². The first-order chi connectivity index (χ1) is 10.3. The highest BCUT2D eigenvalue weighted by atomic mass is 16.6. The Bertz CT molecular complexity index is 605. The van der Waals surface area contributed by atoms with E-state index in [4.69, 9.17) is 9.47 Å². The first kappa shape index (κ1) is 15.3. The molecular formula is C18H24O4. The maximum absolute atomic E-state index is 12.1. The van der Waals surface area contributed by atoms with Crippen LogP contribution in [0.15, 0.2) is 12.1 Å². The molecule has 1 fully saturated rings. The Kier molecular flexibility index (Phi) is 3.68. The summed E-state index contributed by atoms with van der Waals surface area (Å²) in [6.45, 7) is 8.09. The van der Waals surface area contributed by atoms with Gasteiger partial charge in [0.2, 0.25) is 0 Å². The zero-order chi connectivity index (χ0) is 16.1. The summed E-state index contributed by atoms with van der Waals surface area (Å²) in [5.74, 6) is 0.120. The molecule has 2 aliphatic rings. The summed E-state index contributed by atoms with van der Waals surface area (Å²) in [5.41, 5.74) is 3.02. The zero-order valence-electron chi connectivity index (χ0n) is 13.7. The van der Waals surface area contributed by atoms with Crippen LogP contribution in [-0.4, -0.2) is 22.8 Å². The molecule has 3 unspecified atom stereocenters. The molecule has 4 heteroatoms. The van der Waals surface area contributed by atoms with Crippen LogP contribution in [-0.2, 0) is 16.0 Å². The summed E-state index contributed by atoms with van der Waals surface area (Å²) in [4.78, 5) is 12.1. The average molecular weight is 304 g/mol. The molecule has 3 atom stereocenters. The SMILES string of the molecule is CCC1C(=O)OC(c2ccc(C)c3c2OC(C)(C)C3)CC1O. The molecule has 0 aliphatic carbocycles. The summed E-state index contributed by atoms with van der Waals surface area (Å²) < 4.78 is 11.7. The van der Waals surface area contributed by atoms with E-state index in [0.29, 0.717) is 12.8 Å². The van der Waals surface area contributed by atoms with Gasteiger partial charge in [0.25, 0.3) is 0 Å². The van der Waals surface area contributed by atoms with Gasteiger partial charge >= 0.3 is 5.97 Å². The molecule has 0 bridgehead atoms. The Hall–Kier alpha value is -1.55. The lowest BCUT2D eigenvalue weighted by molar-refractivity contribution is -0.170. The number of aryl methyl sites for hydroxylation is 1. The maximum atomic E-state index is 12.1. The van der Waals surface area contributed by atoms with Gasteiger partial charge in [-0.15, -0.1) is 0 Å². The summed E-state index contributed by atoms with van der Waals surface area (Å²) in [5, 5.41) is 10.2. The van der Waals surface area contributed by atoms with Crippen LogP contribution in [0.25, 0.3) is 0 Å². The molecule has 0 amide bonds. The Morgan fingerprint density at radius 1 is 1.36 bits per heavy atom. The summed E-state index contributed by atoms with van der Waals surface area (Å²) in [6.07, 6.45) is 0.811. The first-order valence-electron chi connectivity index (χ1n) is 8.02. The molecular weight excluding hydrogens is 280 g/mol. The molecule has 22 heavy (non-hydrogen) atoms. The normalized spacial score (nSPS) is 29.7. The number of fused-ring (bicyclic) bond motifs is 1. The fourth-order valence-corrected chi connectivity index (χ4v) is 3.52. The molecule has 1 N–H and O–H groups in total. The van der Waals surface area contributed by atoms with E-state index < -0.39 is 18.1 Å². The van der Waals surface area contributed by atoms with Gasteiger partial charge in [-0.1, -0.05) is 19.1 Å². The first-order valence-corrected chi connectivity index (χ1v) is 8.02. The lowest BCUT2D eigenvalue weighted by atomic mass is 9.88. The van der Waals surface area contributed by atoms with Crippen LogP contribution in [0.4, 0.5) is 0 Å². The van der Waals surface area contributed by atoms with Crippen LogP contribution >= 0.6 is 0 Å². The molecule has 3 rings (SSSR count). The van der Waals surface area contributed by atoms with Crippen LogP contribution in [0.2, 0.25) is 0 Å². The number of aliphatic hydroxyl groups is 1. The predicted molar refractivity (Wildman–Crippen MR) is 82.8 cm³/mol. The molecule has 0 radical (unpaired) electrons. The van der Waals surface area contributed by atoms with E-state index in [1.54, 1.807) is 0 Å². The maximum Gasteiger partial charge on any atom is 0.312 e. The van der Waals surface area contributed by atoms with E-state index in [0.717, 1.165) is 17.7 Å². The minimum absolute atomic E-state index is 0.244. The molecule has 1 aromatic rings. The van der Waals surface area contributed by atoms with Crippen molar-refractivity contribution < 1.29 is 19.4 Å². The average Bonchev–Trinajstić information content (AvgIpc) is 2.75. The second-order valence-corrected chi connectivity index (χ2v) is 7.06. The minimum Gasteiger partial charge on any atom is -0.487 e. The van der Waals surface area contributed by atoms with Gasteiger partial charge in [-0.05, 0) is 32.8 Å². The van der Waals surface area contributed by atoms with Crippen LogP contribution in [0.3, 0.4) is 0 Å². The number of cyclic esters (lactones) is 1. The standard InChI is InChI=1S/C18H24O4/c1-5-11-14(19)8-15(21-17(11)20)12-7-6-10(2)13-9-18(3,4)22-16(12)13/h6-7,11,14-15,19H,5,8-9H2,1-4H3. The monoisotopic (exact) mass is 304 g/mol. The van der Waals surface area contributed by atoms with E-state index in [-0.39, 0.29) is 11.6 Å². The zero-order valence-corrected chi connectivity index (χ0v) is 13.7. The molecule has 1 saturated heterocycles. The van der Waals surface area contributed by atoms with Crippen molar-refractivity contribution in [2.24, 2.45) is 5.92 Å². The second kappa shape index (κ2) is 5.27. The Labute approximate surface area is 131 Å². The third-order valence-electron chi connectivity index (χ3n) is 4.77. The number of benzene rings is 1. The van der Waals surface area contributed by atoms with Crippen molar-refractivity contribution in [2.45, 2.75) is 64.8 Å². The van der Waals surface area contributed by atoms with Gasteiger partial charge < -0.3 is 14.6 Å². The lowest BCUT2D eigenvalue weighted by Gasteiger charge is -2.32. The van der Waals surface area contributed by atoms with Crippen molar-refractivity contribution >= 4 is 5.97 Å². The van der Waals surface area contributed by atoms with E-state index >= 15 is 0 Å². The molecule has 120 valence electrons. The number of carbonyl (C=O) groups is 1. The molecule has 4 nitrogen and oxygen atoms in total.